The first kappa shape index (κ1) is 13.0. The van der Waals surface area contributed by atoms with Crippen molar-refractivity contribution in [1.82, 2.24) is 5.32 Å². The summed E-state index contributed by atoms with van der Waals surface area (Å²) in [4.78, 5) is 10.5. The number of rotatable bonds is 4. The van der Waals surface area contributed by atoms with Crippen molar-refractivity contribution < 1.29 is 9.53 Å². The number of carbonyl (C=O) groups excluding carboxylic acids is 1. The Kier molecular flexibility index (Phi) is 4.80. The fraction of sp³-hybridized carbons (Fsp3) is 0.417. The summed E-state index contributed by atoms with van der Waals surface area (Å²) in [7, 11) is 1.66. The number of amides is 1. The van der Waals surface area contributed by atoms with Crippen LogP contribution in [0.1, 0.15) is 16.7 Å². The summed E-state index contributed by atoms with van der Waals surface area (Å²) >= 11 is 2.83. The highest BCUT2D eigenvalue weighted by Crippen LogP contribution is 2.23. The zero-order chi connectivity index (χ0) is 12.1. The van der Waals surface area contributed by atoms with Crippen LogP contribution >= 0.6 is 15.9 Å². The van der Waals surface area contributed by atoms with Gasteiger partial charge in [-0.25, -0.2) is 0 Å². The van der Waals surface area contributed by atoms with Crippen LogP contribution in [0.3, 0.4) is 0 Å². The fourth-order valence-corrected chi connectivity index (χ4v) is 1.73. The monoisotopic (exact) mass is 285 g/mol. The minimum absolute atomic E-state index is 0.185. The van der Waals surface area contributed by atoms with Gasteiger partial charge in [0.25, 0.3) is 4.82 Å². The van der Waals surface area contributed by atoms with Gasteiger partial charge in [-0.05, 0) is 43.0 Å². The van der Waals surface area contributed by atoms with Crippen molar-refractivity contribution in [2.75, 3.05) is 13.7 Å². The van der Waals surface area contributed by atoms with E-state index in [1.54, 1.807) is 7.11 Å². The minimum atomic E-state index is -0.185. The SMILES string of the molecule is COc1cc(C)c(C)cc1CCNC(=O)Br. The number of hydrogen-bond acceptors (Lipinski definition) is 2. The lowest BCUT2D eigenvalue weighted by molar-refractivity contribution is 0.262. The highest BCUT2D eigenvalue weighted by Gasteiger charge is 2.06. The maximum Gasteiger partial charge on any atom is 0.287 e. The van der Waals surface area contributed by atoms with Crippen molar-refractivity contribution in [3.8, 4) is 5.75 Å². The number of nitrogens with one attached hydrogen (secondary N) is 1. The molecule has 88 valence electrons. The van der Waals surface area contributed by atoms with Crippen LogP contribution in [0.4, 0.5) is 4.79 Å². The van der Waals surface area contributed by atoms with Gasteiger partial charge < -0.3 is 10.1 Å². The summed E-state index contributed by atoms with van der Waals surface area (Å²) in [5.74, 6) is 0.881. The maximum absolute atomic E-state index is 10.7. The Morgan fingerprint density at radius 2 is 2.00 bits per heavy atom. The molecular formula is C12H16BrNO2. The minimum Gasteiger partial charge on any atom is -0.496 e. The number of benzene rings is 1. The van der Waals surface area contributed by atoms with E-state index in [2.05, 4.69) is 41.2 Å². The Hall–Kier alpha value is -1.03. The van der Waals surface area contributed by atoms with Gasteiger partial charge in [0.1, 0.15) is 5.75 Å². The predicted octanol–water partition coefficient (Wildman–Crippen LogP) is 2.96. The second-order valence-electron chi connectivity index (χ2n) is 3.70. The highest BCUT2D eigenvalue weighted by molar-refractivity contribution is 9.18. The van der Waals surface area contributed by atoms with Gasteiger partial charge in [-0.1, -0.05) is 6.07 Å². The molecule has 4 heteroatoms. The molecule has 1 rings (SSSR count). The topological polar surface area (TPSA) is 38.3 Å². The van der Waals surface area contributed by atoms with Gasteiger partial charge in [0, 0.05) is 22.5 Å². The van der Waals surface area contributed by atoms with Gasteiger partial charge in [-0.2, -0.15) is 0 Å². The van der Waals surface area contributed by atoms with Crippen LogP contribution < -0.4 is 10.1 Å². The van der Waals surface area contributed by atoms with E-state index in [9.17, 15) is 4.79 Å². The lowest BCUT2D eigenvalue weighted by Crippen LogP contribution is -2.19. The number of aryl methyl sites for hydroxylation is 2. The fourth-order valence-electron chi connectivity index (χ4n) is 1.53. The van der Waals surface area contributed by atoms with E-state index in [4.69, 9.17) is 4.74 Å². The Bertz CT molecular complexity index is 391. The number of hydrogen-bond donors (Lipinski definition) is 1. The molecule has 0 radical (unpaired) electrons. The second-order valence-corrected chi connectivity index (χ2v) is 4.42. The van der Waals surface area contributed by atoms with Crippen LogP contribution in [0, 0.1) is 13.8 Å². The van der Waals surface area contributed by atoms with Crippen molar-refractivity contribution in [2.24, 2.45) is 0 Å². The molecule has 0 heterocycles. The third kappa shape index (κ3) is 3.52. The van der Waals surface area contributed by atoms with Crippen molar-refractivity contribution in [3.05, 3.63) is 28.8 Å². The molecule has 3 nitrogen and oxygen atoms in total. The second kappa shape index (κ2) is 5.89. The summed E-state index contributed by atoms with van der Waals surface area (Å²) in [5.41, 5.74) is 3.57. The Morgan fingerprint density at radius 1 is 1.38 bits per heavy atom. The quantitative estimate of drug-likeness (QED) is 0.682. The molecule has 0 bridgehead atoms. The molecule has 0 aromatic heterocycles. The van der Waals surface area contributed by atoms with Crippen LogP contribution in [0.25, 0.3) is 0 Å². The summed E-state index contributed by atoms with van der Waals surface area (Å²) in [6.45, 7) is 4.73. The first-order valence-corrected chi connectivity index (χ1v) is 5.91. The van der Waals surface area contributed by atoms with E-state index in [-0.39, 0.29) is 4.82 Å². The first-order chi connectivity index (χ1) is 7.54. The van der Waals surface area contributed by atoms with Gasteiger partial charge in [0.15, 0.2) is 0 Å². The molecule has 1 amide bonds. The van der Waals surface area contributed by atoms with E-state index >= 15 is 0 Å². The van der Waals surface area contributed by atoms with E-state index < -0.39 is 0 Å². The smallest absolute Gasteiger partial charge is 0.287 e. The van der Waals surface area contributed by atoms with E-state index in [0.717, 1.165) is 17.7 Å². The molecule has 16 heavy (non-hydrogen) atoms. The van der Waals surface area contributed by atoms with Crippen molar-refractivity contribution in [2.45, 2.75) is 20.3 Å². The average Bonchev–Trinajstić information content (AvgIpc) is 2.22. The van der Waals surface area contributed by atoms with Crippen LogP contribution in [0.2, 0.25) is 0 Å². The molecule has 1 aromatic carbocycles. The Balaban J connectivity index is 2.77. The third-order valence-electron chi connectivity index (χ3n) is 2.56. The zero-order valence-electron chi connectivity index (χ0n) is 9.76. The van der Waals surface area contributed by atoms with Gasteiger partial charge in [0.2, 0.25) is 0 Å². The lowest BCUT2D eigenvalue weighted by Gasteiger charge is -2.11. The van der Waals surface area contributed by atoms with Crippen LogP contribution in [-0.4, -0.2) is 18.5 Å². The molecular weight excluding hydrogens is 270 g/mol. The lowest BCUT2D eigenvalue weighted by atomic mass is 10.0. The molecule has 1 aromatic rings. The molecule has 0 unspecified atom stereocenters. The zero-order valence-corrected chi connectivity index (χ0v) is 11.3. The summed E-state index contributed by atoms with van der Waals surface area (Å²) in [6.07, 6.45) is 0.766. The predicted molar refractivity (Wildman–Crippen MR) is 68.5 cm³/mol. The molecule has 0 saturated carbocycles. The molecule has 0 aliphatic heterocycles. The largest absolute Gasteiger partial charge is 0.496 e. The summed E-state index contributed by atoms with van der Waals surface area (Å²) in [5, 5.41) is 2.70. The highest BCUT2D eigenvalue weighted by atomic mass is 79.9. The van der Waals surface area contributed by atoms with Gasteiger partial charge >= 0.3 is 0 Å². The molecule has 0 aliphatic carbocycles. The number of halogens is 1. The molecule has 0 saturated heterocycles. The van der Waals surface area contributed by atoms with E-state index in [1.807, 2.05) is 6.07 Å². The molecule has 1 N–H and O–H groups in total. The van der Waals surface area contributed by atoms with Crippen molar-refractivity contribution >= 4 is 20.7 Å². The molecule has 0 spiro atoms. The standard InChI is InChI=1S/C12H16BrNO2/c1-8-6-10(4-5-14-12(13)15)11(16-3)7-9(8)2/h6-7H,4-5H2,1-3H3,(H,14,15). The van der Waals surface area contributed by atoms with Gasteiger partial charge in [-0.3, -0.25) is 4.79 Å². The van der Waals surface area contributed by atoms with E-state index in [0.29, 0.717) is 6.54 Å². The average molecular weight is 286 g/mol. The van der Waals surface area contributed by atoms with Gasteiger partial charge in [-0.15, -0.1) is 0 Å². The third-order valence-corrected chi connectivity index (χ3v) is 2.84. The van der Waals surface area contributed by atoms with Crippen LogP contribution in [0.15, 0.2) is 12.1 Å². The van der Waals surface area contributed by atoms with Crippen molar-refractivity contribution in [1.29, 1.82) is 0 Å². The summed E-state index contributed by atoms with van der Waals surface area (Å²) < 4.78 is 5.31. The van der Waals surface area contributed by atoms with Crippen LogP contribution in [0.5, 0.6) is 5.75 Å². The summed E-state index contributed by atoms with van der Waals surface area (Å²) in [6, 6.07) is 4.13. The first-order valence-electron chi connectivity index (χ1n) is 5.12. The Morgan fingerprint density at radius 3 is 2.56 bits per heavy atom. The van der Waals surface area contributed by atoms with E-state index in [1.165, 1.54) is 11.1 Å². The number of ether oxygens (including phenoxy) is 1. The maximum atomic E-state index is 10.7. The van der Waals surface area contributed by atoms with Crippen LogP contribution in [-0.2, 0) is 6.42 Å². The number of carbonyl (C=O) groups is 1. The number of methoxy groups -OCH3 is 1. The molecule has 0 atom stereocenters. The van der Waals surface area contributed by atoms with Crippen molar-refractivity contribution in [3.63, 3.8) is 0 Å². The normalized spacial score (nSPS) is 10.0. The molecule has 0 aliphatic rings. The van der Waals surface area contributed by atoms with Gasteiger partial charge in [0.05, 0.1) is 7.11 Å². The Labute approximate surface area is 104 Å². The molecule has 0 fully saturated rings.